The molecule has 1 amide bonds. The molecule has 1 aromatic rings. The third-order valence-corrected chi connectivity index (χ3v) is 2.88. The van der Waals surface area contributed by atoms with Gasteiger partial charge in [-0.15, -0.1) is 0 Å². The van der Waals surface area contributed by atoms with Gasteiger partial charge in [-0.25, -0.2) is 0 Å². The van der Waals surface area contributed by atoms with Crippen molar-refractivity contribution in [3.8, 4) is 0 Å². The minimum atomic E-state index is -0.942. The van der Waals surface area contributed by atoms with Crippen LogP contribution in [0.4, 0.5) is 0 Å². The number of carboxylic acid groups (broad SMARTS) is 1. The van der Waals surface area contributed by atoms with Crippen molar-refractivity contribution in [1.82, 2.24) is 5.32 Å². The third kappa shape index (κ3) is 6.20. The highest BCUT2D eigenvalue weighted by molar-refractivity contribution is 9.10. The van der Waals surface area contributed by atoms with E-state index in [0.29, 0.717) is 0 Å². The Hall–Kier alpha value is -1.62. The molecule has 0 saturated heterocycles. The summed E-state index contributed by atoms with van der Waals surface area (Å²) in [6, 6.07) is 7.50. The van der Waals surface area contributed by atoms with E-state index < -0.39 is 11.5 Å². The van der Waals surface area contributed by atoms with E-state index in [0.717, 1.165) is 10.0 Å². The van der Waals surface area contributed by atoms with Gasteiger partial charge in [0.2, 0.25) is 5.91 Å². The van der Waals surface area contributed by atoms with E-state index in [1.165, 1.54) is 6.08 Å². The van der Waals surface area contributed by atoms with Crippen LogP contribution in [0.15, 0.2) is 34.8 Å². The highest BCUT2D eigenvalue weighted by atomic mass is 79.9. The maximum atomic E-state index is 11.7. The van der Waals surface area contributed by atoms with Gasteiger partial charge in [-0.1, -0.05) is 28.1 Å². The summed E-state index contributed by atoms with van der Waals surface area (Å²) < 4.78 is 0.969. The SMILES string of the molecule is CC(C)(CC(=O)O)NC(=O)C=Cc1ccc(Br)cc1. The number of carbonyl (C=O) groups is 2. The highest BCUT2D eigenvalue weighted by Gasteiger charge is 2.22. The first-order chi connectivity index (χ1) is 8.78. The van der Waals surface area contributed by atoms with Crippen LogP contribution in [0.25, 0.3) is 6.08 Å². The van der Waals surface area contributed by atoms with Crippen LogP contribution in [-0.4, -0.2) is 22.5 Å². The molecule has 0 heterocycles. The Morgan fingerprint density at radius 1 is 1.32 bits per heavy atom. The number of carboxylic acids is 1. The third-order valence-electron chi connectivity index (χ3n) is 2.35. The summed E-state index contributed by atoms with van der Waals surface area (Å²) >= 11 is 3.33. The fraction of sp³-hybridized carbons (Fsp3) is 0.286. The number of aliphatic carboxylic acids is 1. The lowest BCUT2D eigenvalue weighted by molar-refractivity contribution is -0.138. The molecular weight excluding hydrogens is 310 g/mol. The summed E-state index contributed by atoms with van der Waals surface area (Å²) in [4.78, 5) is 22.3. The van der Waals surface area contributed by atoms with Crippen molar-refractivity contribution in [2.45, 2.75) is 25.8 Å². The zero-order valence-electron chi connectivity index (χ0n) is 10.8. The number of hydrogen-bond donors (Lipinski definition) is 2. The summed E-state index contributed by atoms with van der Waals surface area (Å²) in [6.07, 6.45) is 2.95. The number of halogens is 1. The number of nitrogens with one attached hydrogen (secondary N) is 1. The maximum Gasteiger partial charge on any atom is 0.305 e. The van der Waals surface area contributed by atoms with Gasteiger partial charge in [0.1, 0.15) is 0 Å². The normalized spacial score (nSPS) is 11.5. The van der Waals surface area contributed by atoms with Gasteiger partial charge >= 0.3 is 5.97 Å². The highest BCUT2D eigenvalue weighted by Crippen LogP contribution is 2.12. The van der Waals surface area contributed by atoms with Gasteiger partial charge in [-0.3, -0.25) is 9.59 Å². The molecule has 0 radical (unpaired) electrons. The van der Waals surface area contributed by atoms with Crippen molar-refractivity contribution in [2.75, 3.05) is 0 Å². The summed E-state index contributed by atoms with van der Waals surface area (Å²) in [7, 11) is 0. The Morgan fingerprint density at radius 2 is 1.89 bits per heavy atom. The Labute approximate surface area is 120 Å². The molecule has 0 aliphatic rings. The van der Waals surface area contributed by atoms with Gasteiger partial charge in [0.25, 0.3) is 0 Å². The van der Waals surface area contributed by atoms with Crippen molar-refractivity contribution < 1.29 is 14.7 Å². The molecule has 0 saturated carbocycles. The van der Waals surface area contributed by atoms with E-state index in [-0.39, 0.29) is 12.3 Å². The largest absolute Gasteiger partial charge is 0.481 e. The zero-order valence-corrected chi connectivity index (χ0v) is 12.4. The molecule has 102 valence electrons. The van der Waals surface area contributed by atoms with E-state index in [4.69, 9.17) is 5.11 Å². The predicted octanol–water partition coefficient (Wildman–Crippen LogP) is 2.83. The van der Waals surface area contributed by atoms with E-state index in [1.54, 1.807) is 19.9 Å². The van der Waals surface area contributed by atoms with Crippen LogP contribution in [0, 0.1) is 0 Å². The van der Waals surface area contributed by atoms with Crippen molar-refractivity contribution in [1.29, 1.82) is 0 Å². The Kier molecular flexibility index (Phi) is 5.30. The average molecular weight is 326 g/mol. The Balaban J connectivity index is 2.60. The molecule has 0 atom stereocenters. The van der Waals surface area contributed by atoms with Crippen LogP contribution in [0.2, 0.25) is 0 Å². The molecule has 0 aliphatic heterocycles. The second-order valence-electron chi connectivity index (χ2n) is 4.83. The first-order valence-electron chi connectivity index (χ1n) is 5.76. The van der Waals surface area contributed by atoms with E-state index >= 15 is 0 Å². The van der Waals surface area contributed by atoms with Gasteiger partial charge in [0.05, 0.1) is 6.42 Å². The molecule has 0 aliphatic carbocycles. The lowest BCUT2D eigenvalue weighted by Crippen LogP contribution is -2.44. The molecule has 1 aromatic carbocycles. The van der Waals surface area contributed by atoms with Crippen molar-refractivity contribution in [3.63, 3.8) is 0 Å². The molecule has 19 heavy (non-hydrogen) atoms. The van der Waals surface area contributed by atoms with Gasteiger partial charge in [-0.2, -0.15) is 0 Å². The number of carbonyl (C=O) groups excluding carboxylic acids is 1. The first-order valence-corrected chi connectivity index (χ1v) is 6.55. The Morgan fingerprint density at radius 3 is 2.42 bits per heavy atom. The number of benzene rings is 1. The van der Waals surface area contributed by atoms with Gasteiger partial charge in [0.15, 0.2) is 0 Å². The van der Waals surface area contributed by atoms with Crippen LogP contribution in [-0.2, 0) is 9.59 Å². The summed E-state index contributed by atoms with van der Waals surface area (Å²) in [6.45, 7) is 3.35. The van der Waals surface area contributed by atoms with Crippen LogP contribution in [0.5, 0.6) is 0 Å². The predicted molar refractivity (Wildman–Crippen MR) is 77.7 cm³/mol. The molecule has 4 nitrogen and oxygen atoms in total. The van der Waals surface area contributed by atoms with E-state index in [2.05, 4.69) is 21.2 Å². The molecule has 1 rings (SSSR count). The smallest absolute Gasteiger partial charge is 0.305 e. The molecule has 5 heteroatoms. The molecular formula is C14H16BrNO3. The second-order valence-corrected chi connectivity index (χ2v) is 5.74. The lowest BCUT2D eigenvalue weighted by atomic mass is 10.0. The first kappa shape index (κ1) is 15.4. The molecule has 0 fully saturated rings. The fourth-order valence-corrected chi connectivity index (χ4v) is 1.81. The van der Waals surface area contributed by atoms with Crippen molar-refractivity contribution in [2.24, 2.45) is 0 Å². The molecule has 0 unspecified atom stereocenters. The zero-order chi connectivity index (χ0) is 14.5. The second kappa shape index (κ2) is 6.52. The average Bonchev–Trinajstić information content (AvgIpc) is 2.25. The summed E-state index contributed by atoms with van der Waals surface area (Å²) in [5, 5.41) is 11.4. The molecule has 0 spiro atoms. The maximum absolute atomic E-state index is 11.7. The van der Waals surface area contributed by atoms with Crippen LogP contribution >= 0.6 is 15.9 Å². The van der Waals surface area contributed by atoms with Gasteiger partial charge in [0, 0.05) is 16.1 Å². The number of hydrogen-bond acceptors (Lipinski definition) is 2. The van der Waals surface area contributed by atoms with Crippen LogP contribution in [0.1, 0.15) is 25.8 Å². The standard InChI is InChI=1S/C14H16BrNO3/c1-14(2,9-13(18)19)16-12(17)8-5-10-3-6-11(15)7-4-10/h3-8H,9H2,1-2H3,(H,16,17)(H,18,19). The lowest BCUT2D eigenvalue weighted by Gasteiger charge is -2.23. The van der Waals surface area contributed by atoms with Crippen molar-refractivity contribution in [3.05, 3.63) is 40.4 Å². The fourth-order valence-electron chi connectivity index (χ4n) is 1.54. The molecule has 2 N–H and O–H groups in total. The quantitative estimate of drug-likeness (QED) is 0.818. The number of amides is 1. The minimum Gasteiger partial charge on any atom is -0.481 e. The number of rotatable bonds is 5. The van der Waals surface area contributed by atoms with E-state index in [9.17, 15) is 9.59 Å². The Bertz CT molecular complexity index is 492. The van der Waals surface area contributed by atoms with Crippen LogP contribution < -0.4 is 5.32 Å². The minimum absolute atomic E-state index is 0.120. The monoisotopic (exact) mass is 325 g/mol. The molecule has 0 aromatic heterocycles. The topological polar surface area (TPSA) is 66.4 Å². The van der Waals surface area contributed by atoms with E-state index in [1.807, 2.05) is 24.3 Å². The summed E-state index contributed by atoms with van der Waals surface area (Å²) in [5.74, 6) is -1.25. The summed E-state index contributed by atoms with van der Waals surface area (Å²) in [5.41, 5.74) is 0.127. The van der Waals surface area contributed by atoms with Gasteiger partial charge < -0.3 is 10.4 Å². The molecule has 0 bridgehead atoms. The van der Waals surface area contributed by atoms with Crippen molar-refractivity contribution >= 4 is 33.9 Å². The van der Waals surface area contributed by atoms with Gasteiger partial charge in [-0.05, 0) is 37.6 Å². The van der Waals surface area contributed by atoms with Crippen LogP contribution in [0.3, 0.4) is 0 Å².